The van der Waals surface area contributed by atoms with E-state index in [4.69, 9.17) is 4.99 Å². The van der Waals surface area contributed by atoms with Gasteiger partial charge in [0.15, 0.2) is 0 Å². The summed E-state index contributed by atoms with van der Waals surface area (Å²) >= 11 is -0.850. The van der Waals surface area contributed by atoms with Crippen LogP contribution in [-0.4, -0.2) is 30.5 Å². The summed E-state index contributed by atoms with van der Waals surface area (Å²) < 4.78 is 1.95. The number of allylic oxidation sites excluding steroid dienone is 1. The summed E-state index contributed by atoms with van der Waals surface area (Å²) in [6.07, 6.45) is 4.31. The van der Waals surface area contributed by atoms with Gasteiger partial charge in [0.1, 0.15) is 0 Å². The van der Waals surface area contributed by atoms with E-state index >= 15 is 0 Å². The maximum absolute atomic E-state index is 13.0. The van der Waals surface area contributed by atoms with Crippen molar-refractivity contribution in [2.45, 2.75) is 20.3 Å². The van der Waals surface area contributed by atoms with Crippen LogP contribution in [0.1, 0.15) is 23.1 Å². The molecule has 2 nitrogen and oxygen atoms in total. The number of aryl methyl sites for hydroxylation is 2. The third kappa shape index (κ3) is 5.76. The second-order valence-corrected chi connectivity index (χ2v) is 9.54. The van der Waals surface area contributed by atoms with Crippen molar-refractivity contribution in [1.29, 1.82) is 0 Å². The van der Waals surface area contributed by atoms with Crippen molar-refractivity contribution in [3.05, 3.63) is 102 Å². The van der Waals surface area contributed by atoms with E-state index in [0.717, 1.165) is 26.1 Å². The maximum atomic E-state index is 13.0. The van der Waals surface area contributed by atoms with Crippen LogP contribution in [0.3, 0.4) is 0 Å². The summed E-state index contributed by atoms with van der Waals surface area (Å²) in [4.78, 5) is 17.9. The van der Waals surface area contributed by atoms with Crippen molar-refractivity contribution in [3.63, 3.8) is 0 Å². The Balaban J connectivity index is 1.86. The molecule has 0 N–H and O–H groups in total. The van der Waals surface area contributed by atoms with Gasteiger partial charge in [-0.25, -0.2) is 0 Å². The molecule has 0 saturated heterocycles. The van der Waals surface area contributed by atoms with Crippen molar-refractivity contribution in [2.75, 3.05) is 0 Å². The van der Waals surface area contributed by atoms with Crippen LogP contribution in [0.15, 0.2) is 89.9 Å². The van der Waals surface area contributed by atoms with Crippen molar-refractivity contribution in [2.24, 2.45) is 4.99 Å². The number of benzene rings is 3. The van der Waals surface area contributed by atoms with E-state index in [1.165, 1.54) is 3.61 Å². The summed E-state index contributed by atoms with van der Waals surface area (Å²) in [5.41, 5.74) is 4.23. The first-order chi connectivity index (χ1) is 13.6. The fraction of sp³-hybridized carbons (Fsp3) is 0.120. The number of para-hydroxylation sites is 1. The van der Waals surface area contributed by atoms with Crippen molar-refractivity contribution in [1.82, 2.24) is 0 Å². The molecule has 0 heterocycles. The van der Waals surface area contributed by atoms with Gasteiger partial charge in [0.2, 0.25) is 0 Å². The van der Waals surface area contributed by atoms with Gasteiger partial charge in [0.25, 0.3) is 0 Å². The van der Waals surface area contributed by atoms with Crippen LogP contribution < -0.4 is 3.61 Å². The molecule has 0 radical (unpaired) electrons. The Morgan fingerprint density at radius 2 is 1.46 bits per heavy atom. The Hall–Kier alpha value is -2.47. The quantitative estimate of drug-likeness (QED) is 0.344. The standard InChI is InChI=1S/C25H23NOTe/c1-19-11-9-12-20(2)24(19)26-25(28-22-16-7-4-8-17-22)23(27)18-10-15-21-13-5-3-6-14-21/h3-17H,18H2,1-2H3/b15-10+,26-25?. The number of hydrogen-bond acceptors (Lipinski definition) is 2. The number of carbonyl (C=O) groups is 1. The van der Waals surface area contributed by atoms with Crippen molar-refractivity contribution >= 4 is 45.8 Å². The number of Topliss-reactive ketones (excluding diaryl/α,β-unsaturated/α-hetero) is 1. The Kier molecular flexibility index (Phi) is 7.37. The summed E-state index contributed by atoms with van der Waals surface area (Å²) in [6.45, 7) is 4.10. The SMILES string of the molecule is Cc1cccc(C)c1N=C([Te]c1ccccc1)C(=O)C/C=C/c1ccccc1. The van der Waals surface area contributed by atoms with Crippen LogP contribution in [-0.2, 0) is 4.79 Å². The second kappa shape index (κ2) is 10.2. The molecule has 28 heavy (non-hydrogen) atoms. The molecule has 0 aliphatic carbocycles. The van der Waals surface area contributed by atoms with Gasteiger partial charge in [-0.2, -0.15) is 0 Å². The first kappa shape index (κ1) is 20.3. The molecule has 0 saturated carbocycles. The van der Waals surface area contributed by atoms with Gasteiger partial charge in [0.05, 0.1) is 0 Å². The zero-order valence-corrected chi connectivity index (χ0v) is 18.5. The van der Waals surface area contributed by atoms with Gasteiger partial charge in [-0.3, -0.25) is 0 Å². The topological polar surface area (TPSA) is 29.4 Å². The molecule has 0 aliphatic rings. The first-order valence-electron chi connectivity index (χ1n) is 9.26. The van der Waals surface area contributed by atoms with Crippen LogP contribution in [0.2, 0.25) is 0 Å². The zero-order valence-electron chi connectivity index (χ0n) is 16.1. The third-order valence-electron chi connectivity index (χ3n) is 4.26. The van der Waals surface area contributed by atoms with E-state index in [1.54, 1.807) is 0 Å². The minimum atomic E-state index is -0.850. The molecule has 3 heteroatoms. The Bertz CT molecular complexity index is 971. The number of ketones is 1. The molecule has 0 fully saturated rings. The normalized spacial score (nSPS) is 11.7. The second-order valence-electron chi connectivity index (χ2n) is 6.51. The molecule has 0 aliphatic heterocycles. The summed E-state index contributed by atoms with van der Waals surface area (Å²) in [5.74, 6) is 0.112. The molecule has 0 unspecified atom stereocenters. The van der Waals surface area contributed by atoms with Crippen molar-refractivity contribution in [3.8, 4) is 0 Å². The van der Waals surface area contributed by atoms with Gasteiger partial charge in [0, 0.05) is 0 Å². The van der Waals surface area contributed by atoms with Crippen LogP contribution in [0, 0.1) is 13.8 Å². The molecule has 3 aromatic rings. The number of rotatable bonds is 7. The molecular formula is C25H23NOTe. The molecule has 0 atom stereocenters. The molecule has 0 amide bonds. The average Bonchev–Trinajstić information content (AvgIpc) is 2.71. The molecule has 0 bridgehead atoms. The number of hydrogen-bond donors (Lipinski definition) is 0. The average molecular weight is 481 g/mol. The van der Waals surface area contributed by atoms with Gasteiger partial charge in [-0.15, -0.1) is 0 Å². The van der Waals surface area contributed by atoms with Gasteiger partial charge >= 0.3 is 178 Å². The third-order valence-corrected chi connectivity index (χ3v) is 7.17. The van der Waals surface area contributed by atoms with Gasteiger partial charge in [-0.05, 0) is 0 Å². The molecule has 3 rings (SSSR count). The summed E-state index contributed by atoms with van der Waals surface area (Å²) in [7, 11) is 0. The van der Waals surface area contributed by atoms with E-state index in [2.05, 4.69) is 12.1 Å². The van der Waals surface area contributed by atoms with E-state index in [0.29, 0.717) is 6.42 Å². The fourth-order valence-corrected chi connectivity index (χ4v) is 5.21. The van der Waals surface area contributed by atoms with E-state index in [-0.39, 0.29) is 5.78 Å². The number of carbonyl (C=O) groups excluding carboxylic acids is 1. The Labute approximate surface area is 177 Å². The van der Waals surface area contributed by atoms with Gasteiger partial charge < -0.3 is 0 Å². The van der Waals surface area contributed by atoms with Crippen LogP contribution in [0.25, 0.3) is 6.08 Å². The monoisotopic (exact) mass is 483 g/mol. The first-order valence-corrected chi connectivity index (χ1v) is 11.6. The van der Waals surface area contributed by atoms with E-state index in [1.807, 2.05) is 92.7 Å². The minimum absolute atomic E-state index is 0.112. The molecule has 3 aromatic carbocycles. The van der Waals surface area contributed by atoms with E-state index < -0.39 is 20.9 Å². The van der Waals surface area contributed by atoms with Crippen molar-refractivity contribution < 1.29 is 4.79 Å². The van der Waals surface area contributed by atoms with Crippen LogP contribution in [0.4, 0.5) is 5.69 Å². The number of aliphatic imine (C=N–C) groups is 1. The predicted molar refractivity (Wildman–Crippen MR) is 120 cm³/mol. The zero-order chi connectivity index (χ0) is 19.8. The Morgan fingerprint density at radius 1 is 0.857 bits per heavy atom. The fourth-order valence-electron chi connectivity index (χ4n) is 2.78. The molecule has 0 aromatic heterocycles. The van der Waals surface area contributed by atoms with E-state index in [9.17, 15) is 4.79 Å². The van der Waals surface area contributed by atoms with Crippen LogP contribution >= 0.6 is 0 Å². The molecule has 0 spiro atoms. The van der Waals surface area contributed by atoms with Crippen LogP contribution in [0.5, 0.6) is 0 Å². The Morgan fingerprint density at radius 3 is 2.11 bits per heavy atom. The predicted octanol–water partition coefficient (Wildman–Crippen LogP) is 5.04. The molecular weight excluding hydrogens is 458 g/mol. The van der Waals surface area contributed by atoms with Gasteiger partial charge in [-0.1, -0.05) is 0 Å². The summed E-state index contributed by atoms with van der Waals surface area (Å²) in [5, 5.41) is 0. The number of nitrogens with zero attached hydrogens (tertiary/aromatic N) is 1. The summed E-state index contributed by atoms with van der Waals surface area (Å²) in [6, 6.07) is 26.4. The molecule has 140 valence electrons.